The number of Topliss-reactive ketones (excluding diaryl/α,β-unsaturated/α-hetero) is 1. The zero-order chi connectivity index (χ0) is 9.80. The Hall–Kier alpha value is -0.0800. The van der Waals surface area contributed by atoms with Crippen molar-refractivity contribution >= 4 is 18.2 Å². The third kappa shape index (κ3) is 3.46. The van der Waals surface area contributed by atoms with Crippen LogP contribution in [0, 0.1) is 5.92 Å². The van der Waals surface area contributed by atoms with E-state index in [1.807, 2.05) is 0 Å². The summed E-state index contributed by atoms with van der Waals surface area (Å²) in [6.07, 6.45) is 9.80. The van der Waals surface area contributed by atoms with E-state index >= 15 is 0 Å². The Kier molecular flexibility index (Phi) is 5.62. The van der Waals surface area contributed by atoms with Gasteiger partial charge in [0.15, 0.2) is 0 Å². The summed E-state index contributed by atoms with van der Waals surface area (Å²) >= 11 is 0. The highest BCUT2D eigenvalue weighted by Gasteiger charge is 2.29. The lowest BCUT2D eigenvalue weighted by Crippen LogP contribution is -2.46. The summed E-state index contributed by atoms with van der Waals surface area (Å²) in [4.78, 5) is 11.7. The topological polar surface area (TPSA) is 29.1 Å². The maximum atomic E-state index is 11.7. The number of halogens is 1. The van der Waals surface area contributed by atoms with E-state index in [-0.39, 0.29) is 18.4 Å². The molecule has 0 radical (unpaired) electrons. The van der Waals surface area contributed by atoms with Crippen LogP contribution in [0.4, 0.5) is 0 Å². The highest BCUT2D eigenvalue weighted by molar-refractivity contribution is 5.85. The standard InChI is InChI=1S/C12H21NO.ClH/c14-11-8-5-9-13-12(11)10-6-3-1-2-4-7-10;/h10,12-13H,1-9H2;1H. The van der Waals surface area contributed by atoms with E-state index in [4.69, 9.17) is 0 Å². The third-order valence-corrected chi connectivity index (χ3v) is 3.68. The summed E-state index contributed by atoms with van der Waals surface area (Å²) in [5.74, 6) is 1.12. The van der Waals surface area contributed by atoms with Crippen LogP contribution >= 0.6 is 12.4 Å². The van der Waals surface area contributed by atoms with Crippen LogP contribution in [0.15, 0.2) is 0 Å². The van der Waals surface area contributed by atoms with Gasteiger partial charge in [-0.15, -0.1) is 12.4 Å². The molecule has 1 aliphatic carbocycles. The fourth-order valence-corrected chi connectivity index (χ4v) is 2.86. The molecule has 2 aliphatic rings. The van der Waals surface area contributed by atoms with Crippen LogP contribution in [-0.2, 0) is 4.79 Å². The zero-order valence-electron chi connectivity index (χ0n) is 9.34. The summed E-state index contributed by atoms with van der Waals surface area (Å²) in [6, 6.07) is 0.210. The van der Waals surface area contributed by atoms with Crippen LogP contribution in [0.1, 0.15) is 51.4 Å². The van der Waals surface area contributed by atoms with Crippen LogP contribution in [0.25, 0.3) is 0 Å². The normalized spacial score (nSPS) is 29.3. The second-order valence-electron chi connectivity index (χ2n) is 4.75. The molecule has 0 bridgehead atoms. The second-order valence-corrected chi connectivity index (χ2v) is 4.75. The lowest BCUT2D eigenvalue weighted by molar-refractivity contribution is -0.123. The minimum atomic E-state index is 0. The van der Waals surface area contributed by atoms with Crippen molar-refractivity contribution in [1.82, 2.24) is 5.32 Å². The summed E-state index contributed by atoms with van der Waals surface area (Å²) in [5, 5.41) is 3.42. The summed E-state index contributed by atoms with van der Waals surface area (Å²) in [6.45, 7) is 1.05. The van der Waals surface area contributed by atoms with Crippen LogP contribution in [0.2, 0.25) is 0 Å². The first-order valence-electron chi connectivity index (χ1n) is 6.14. The van der Waals surface area contributed by atoms with Gasteiger partial charge in [0.1, 0.15) is 5.78 Å². The molecule has 3 heteroatoms. The average molecular weight is 232 g/mol. The van der Waals surface area contributed by atoms with Gasteiger partial charge in [-0.1, -0.05) is 25.7 Å². The average Bonchev–Trinajstić information content (AvgIpc) is 2.47. The number of hydrogen-bond donors (Lipinski definition) is 1. The van der Waals surface area contributed by atoms with Crippen molar-refractivity contribution in [2.75, 3.05) is 6.54 Å². The van der Waals surface area contributed by atoms with Gasteiger partial charge in [0.05, 0.1) is 6.04 Å². The van der Waals surface area contributed by atoms with Gasteiger partial charge in [-0.25, -0.2) is 0 Å². The quantitative estimate of drug-likeness (QED) is 0.704. The first-order chi connectivity index (χ1) is 6.88. The molecule has 88 valence electrons. The maximum Gasteiger partial charge on any atom is 0.150 e. The molecule has 0 amide bonds. The molecule has 1 atom stereocenters. The van der Waals surface area contributed by atoms with Crippen LogP contribution < -0.4 is 5.32 Å². The molecule has 1 N–H and O–H groups in total. The zero-order valence-corrected chi connectivity index (χ0v) is 10.2. The molecule has 2 fully saturated rings. The minimum Gasteiger partial charge on any atom is -0.307 e. The number of ketones is 1. The molecule has 15 heavy (non-hydrogen) atoms. The number of rotatable bonds is 1. The van der Waals surface area contributed by atoms with Gasteiger partial charge in [-0.3, -0.25) is 4.79 Å². The van der Waals surface area contributed by atoms with Crippen molar-refractivity contribution in [3.63, 3.8) is 0 Å². The van der Waals surface area contributed by atoms with Gasteiger partial charge in [0, 0.05) is 6.42 Å². The van der Waals surface area contributed by atoms with Crippen molar-refractivity contribution in [2.45, 2.75) is 57.4 Å². The van der Waals surface area contributed by atoms with Crippen molar-refractivity contribution in [2.24, 2.45) is 5.92 Å². The van der Waals surface area contributed by atoms with Gasteiger partial charge >= 0.3 is 0 Å². The van der Waals surface area contributed by atoms with E-state index < -0.39 is 0 Å². The first-order valence-corrected chi connectivity index (χ1v) is 6.14. The van der Waals surface area contributed by atoms with Crippen LogP contribution in [0.5, 0.6) is 0 Å². The molecule has 2 nitrogen and oxygen atoms in total. The lowest BCUT2D eigenvalue weighted by Gasteiger charge is -2.29. The van der Waals surface area contributed by atoms with Crippen molar-refractivity contribution < 1.29 is 4.79 Å². The Morgan fingerprint density at radius 2 is 1.67 bits per heavy atom. The molecule has 0 aromatic carbocycles. The van der Waals surface area contributed by atoms with Gasteiger partial charge in [0.25, 0.3) is 0 Å². The number of carbonyl (C=O) groups excluding carboxylic acids is 1. The highest BCUT2D eigenvalue weighted by atomic mass is 35.5. The molecular formula is C12H22ClNO. The smallest absolute Gasteiger partial charge is 0.150 e. The summed E-state index contributed by atoms with van der Waals surface area (Å²) in [7, 11) is 0. The monoisotopic (exact) mass is 231 g/mol. The van der Waals surface area contributed by atoms with Crippen molar-refractivity contribution in [1.29, 1.82) is 0 Å². The Labute approximate surface area is 98.6 Å². The maximum absolute atomic E-state index is 11.7. The summed E-state index contributed by atoms with van der Waals surface area (Å²) in [5.41, 5.74) is 0. The molecule has 0 spiro atoms. The van der Waals surface area contributed by atoms with E-state index in [1.54, 1.807) is 0 Å². The largest absolute Gasteiger partial charge is 0.307 e. The Morgan fingerprint density at radius 1 is 1.00 bits per heavy atom. The molecular weight excluding hydrogens is 210 g/mol. The molecule has 1 unspecified atom stereocenters. The second kappa shape index (κ2) is 6.49. The highest BCUT2D eigenvalue weighted by Crippen LogP contribution is 2.27. The molecule has 0 aromatic heterocycles. The molecule has 0 aromatic rings. The molecule has 1 saturated carbocycles. The summed E-state index contributed by atoms with van der Waals surface area (Å²) < 4.78 is 0. The van der Waals surface area contributed by atoms with Gasteiger partial charge in [-0.05, 0) is 31.7 Å². The third-order valence-electron chi connectivity index (χ3n) is 3.68. The molecule has 2 rings (SSSR count). The molecule has 1 saturated heterocycles. The fourth-order valence-electron chi connectivity index (χ4n) is 2.86. The first kappa shape index (κ1) is 13.0. The SMILES string of the molecule is Cl.O=C1CCCNC1C1CCCCCC1. The number of hydrogen-bond acceptors (Lipinski definition) is 2. The Bertz CT molecular complexity index is 200. The minimum absolute atomic E-state index is 0. The van der Waals surface area contributed by atoms with E-state index in [1.165, 1.54) is 38.5 Å². The van der Waals surface area contributed by atoms with Gasteiger partial charge < -0.3 is 5.32 Å². The fraction of sp³-hybridized carbons (Fsp3) is 0.917. The van der Waals surface area contributed by atoms with E-state index in [2.05, 4.69) is 5.32 Å². The lowest BCUT2D eigenvalue weighted by atomic mass is 9.86. The Morgan fingerprint density at radius 3 is 2.27 bits per heavy atom. The number of piperidine rings is 1. The number of nitrogens with one attached hydrogen (secondary N) is 1. The van der Waals surface area contributed by atoms with E-state index in [0.29, 0.717) is 11.7 Å². The van der Waals surface area contributed by atoms with Crippen molar-refractivity contribution in [3.05, 3.63) is 0 Å². The Balaban J connectivity index is 0.00000112. The van der Waals surface area contributed by atoms with E-state index in [9.17, 15) is 4.79 Å². The predicted octanol–water partition coefficient (Wildman–Crippen LogP) is 2.70. The predicted molar refractivity (Wildman–Crippen MR) is 64.5 cm³/mol. The van der Waals surface area contributed by atoms with E-state index in [0.717, 1.165) is 19.4 Å². The van der Waals surface area contributed by atoms with Gasteiger partial charge in [-0.2, -0.15) is 0 Å². The van der Waals surface area contributed by atoms with Crippen LogP contribution in [-0.4, -0.2) is 18.4 Å². The van der Waals surface area contributed by atoms with Crippen molar-refractivity contribution in [3.8, 4) is 0 Å². The van der Waals surface area contributed by atoms with Gasteiger partial charge in [0.2, 0.25) is 0 Å². The molecule has 1 heterocycles. The van der Waals surface area contributed by atoms with Crippen LogP contribution in [0.3, 0.4) is 0 Å². The number of carbonyl (C=O) groups is 1. The molecule has 1 aliphatic heterocycles.